The zero-order chi connectivity index (χ0) is 14.5. The van der Waals surface area contributed by atoms with Crippen molar-refractivity contribution in [3.8, 4) is 11.5 Å². The molecule has 1 unspecified atom stereocenters. The van der Waals surface area contributed by atoms with E-state index in [2.05, 4.69) is 0 Å². The lowest BCUT2D eigenvalue weighted by Gasteiger charge is -2.28. The molecule has 20 heavy (non-hydrogen) atoms. The number of methoxy groups -OCH3 is 2. The molecule has 0 saturated carbocycles. The predicted molar refractivity (Wildman–Crippen MR) is 78.6 cm³/mol. The van der Waals surface area contributed by atoms with Crippen LogP contribution >= 0.6 is 11.6 Å². The Balaban J connectivity index is 2.18. The molecule has 4 nitrogen and oxygen atoms in total. The van der Waals surface area contributed by atoms with Gasteiger partial charge in [-0.2, -0.15) is 0 Å². The van der Waals surface area contributed by atoms with E-state index in [9.17, 15) is 4.79 Å². The molecule has 1 aromatic rings. The van der Waals surface area contributed by atoms with Crippen LogP contribution in [0.15, 0.2) is 18.2 Å². The Labute approximate surface area is 124 Å². The Kier molecular flexibility index (Phi) is 5.12. The van der Waals surface area contributed by atoms with Crippen molar-refractivity contribution in [2.45, 2.75) is 24.6 Å². The van der Waals surface area contributed by atoms with E-state index in [-0.39, 0.29) is 5.91 Å². The number of rotatable bonds is 4. The molecule has 1 aromatic carbocycles. The summed E-state index contributed by atoms with van der Waals surface area (Å²) in [6.07, 6.45) is 3.29. The van der Waals surface area contributed by atoms with Gasteiger partial charge in [-0.25, -0.2) is 0 Å². The maximum atomic E-state index is 12.4. The number of alkyl halides is 1. The molecule has 2 rings (SSSR count). The lowest BCUT2D eigenvalue weighted by atomic mass is 10.1. The number of likely N-dealkylation sites (tertiary alicyclic amines) is 1. The van der Waals surface area contributed by atoms with Crippen molar-refractivity contribution in [1.29, 1.82) is 0 Å². The van der Waals surface area contributed by atoms with E-state index in [0.717, 1.165) is 25.9 Å². The van der Waals surface area contributed by atoms with E-state index in [1.54, 1.807) is 32.4 Å². The number of hydrogen-bond donors (Lipinski definition) is 0. The highest BCUT2D eigenvalue weighted by Gasteiger charge is 2.25. The smallest absolute Gasteiger partial charge is 0.245 e. The second-order valence-corrected chi connectivity index (χ2v) is 5.33. The summed E-state index contributed by atoms with van der Waals surface area (Å²) in [5.74, 6) is 1.23. The van der Waals surface area contributed by atoms with Gasteiger partial charge < -0.3 is 14.4 Å². The summed E-state index contributed by atoms with van der Waals surface area (Å²) >= 11 is 6.35. The van der Waals surface area contributed by atoms with Gasteiger partial charge in [0.05, 0.1) is 14.2 Å². The van der Waals surface area contributed by atoms with Crippen molar-refractivity contribution in [3.63, 3.8) is 0 Å². The normalized spacial score (nSPS) is 16.6. The van der Waals surface area contributed by atoms with Gasteiger partial charge in [0, 0.05) is 19.2 Å². The van der Waals surface area contributed by atoms with Crippen molar-refractivity contribution in [3.05, 3.63) is 23.8 Å². The first kappa shape index (κ1) is 15.0. The second-order valence-electron chi connectivity index (χ2n) is 4.89. The summed E-state index contributed by atoms with van der Waals surface area (Å²) in [5, 5.41) is -0.697. The largest absolute Gasteiger partial charge is 0.497 e. The van der Waals surface area contributed by atoms with Crippen LogP contribution < -0.4 is 9.47 Å². The summed E-state index contributed by atoms with van der Waals surface area (Å²) in [5.41, 5.74) is 0.707. The fourth-order valence-electron chi connectivity index (χ4n) is 2.39. The molecule has 1 aliphatic heterocycles. The van der Waals surface area contributed by atoms with Crippen molar-refractivity contribution >= 4 is 17.5 Å². The maximum Gasteiger partial charge on any atom is 0.245 e. The molecular weight excluding hydrogens is 278 g/mol. The zero-order valence-corrected chi connectivity index (χ0v) is 12.7. The molecule has 5 heteroatoms. The molecule has 1 aliphatic rings. The summed E-state index contributed by atoms with van der Waals surface area (Å²) in [6, 6.07) is 5.32. The third-order valence-corrected chi connectivity index (χ3v) is 3.99. The summed E-state index contributed by atoms with van der Waals surface area (Å²) in [6.45, 7) is 1.59. The highest BCUT2D eigenvalue weighted by molar-refractivity contribution is 6.30. The third-order valence-electron chi connectivity index (χ3n) is 3.55. The molecule has 1 heterocycles. The average Bonchev–Trinajstić information content (AvgIpc) is 2.53. The van der Waals surface area contributed by atoms with Gasteiger partial charge in [0.15, 0.2) is 0 Å². The monoisotopic (exact) mass is 297 g/mol. The van der Waals surface area contributed by atoms with Crippen molar-refractivity contribution in [1.82, 2.24) is 4.90 Å². The van der Waals surface area contributed by atoms with Crippen LogP contribution in [0.5, 0.6) is 11.5 Å². The first-order chi connectivity index (χ1) is 9.65. The molecular formula is C15H20ClNO3. The van der Waals surface area contributed by atoms with E-state index in [1.165, 1.54) is 6.42 Å². The predicted octanol–water partition coefficient (Wildman–Crippen LogP) is 3.00. The number of carbonyl (C=O) groups excluding carboxylic acids is 1. The number of benzene rings is 1. The lowest BCUT2D eigenvalue weighted by molar-refractivity contribution is -0.131. The molecule has 0 radical (unpaired) electrons. The van der Waals surface area contributed by atoms with Gasteiger partial charge in [-0.05, 0) is 37.0 Å². The highest BCUT2D eigenvalue weighted by Crippen LogP contribution is 2.31. The Bertz CT molecular complexity index is 450. The third kappa shape index (κ3) is 3.37. The van der Waals surface area contributed by atoms with Crippen LogP contribution in [0.2, 0.25) is 0 Å². The molecule has 110 valence electrons. The first-order valence-corrected chi connectivity index (χ1v) is 7.25. The van der Waals surface area contributed by atoms with Crippen LogP contribution in [-0.4, -0.2) is 38.1 Å². The van der Waals surface area contributed by atoms with Gasteiger partial charge in [-0.3, -0.25) is 4.79 Å². The van der Waals surface area contributed by atoms with Gasteiger partial charge in [-0.15, -0.1) is 11.6 Å². The zero-order valence-electron chi connectivity index (χ0n) is 11.9. The van der Waals surface area contributed by atoms with Gasteiger partial charge in [0.25, 0.3) is 0 Å². The van der Waals surface area contributed by atoms with Crippen LogP contribution in [0.25, 0.3) is 0 Å². The van der Waals surface area contributed by atoms with Crippen LogP contribution in [0.3, 0.4) is 0 Å². The summed E-state index contributed by atoms with van der Waals surface area (Å²) < 4.78 is 10.4. The van der Waals surface area contributed by atoms with Gasteiger partial charge in [-0.1, -0.05) is 0 Å². The average molecular weight is 298 g/mol. The molecule has 1 saturated heterocycles. The lowest BCUT2D eigenvalue weighted by Crippen LogP contribution is -2.37. The van der Waals surface area contributed by atoms with Crippen LogP contribution in [-0.2, 0) is 4.79 Å². The topological polar surface area (TPSA) is 38.8 Å². The SMILES string of the molecule is COc1cc(OC)cc(C(Cl)C(=O)N2CCCCC2)c1. The van der Waals surface area contributed by atoms with Gasteiger partial charge in [0.2, 0.25) is 5.91 Å². The Morgan fingerprint density at radius 2 is 1.65 bits per heavy atom. The van der Waals surface area contributed by atoms with E-state index in [0.29, 0.717) is 17.1 Å². The minimum Gasteiger partial charge on any atom is -0.497 e. The van der Waals surface area contributed by atoms with Crippen molar-refractivity contribution < 1.29 is 14.3 Å². The molecule has 0 aromatic heterocycles. The Hall–Kier alpha value is -1.42. The fraction of sp³-hybridized carbons (Fsp3) is 0.533. The Morgan fingerprint density at radius 1 is 1.10 bits per heavy atom. The second kappa shape index (κ2) is 6.84. The van der Waals surface area contributed by atoms with Crippen LogP contribution in [0.1, 0.15) is 30.2 Å². The van der Waals surface area contributed by atoms with E-state index in [1.807, 2.05) is 4.90 Å². The van der Waals surface area contributed by atoms with Crippen molar-refractivity contribution in [2.24, 2.45) is 0 Å². The van der Waals surface area contributed by atoms with Crippen molar-refractivity contribution in [2.75, 3.05) is 27.3 Å². The minimum atomic E-state index is -0.697. The summed E-state index contributed by atoms with van der Waals surface area (Å²) in [7, 11) is 3.16. The molecule has 1 amide bonds. The molecule has 1 fully saturated rings. The standard InChI is InChI=1S/C15H20ClNO3/c1-19-12-8-11(9-13(10-12)20-2)14(16)15(18)17-6-4-3-5-7-17/h8-10,14H,3-7H2,1-2H3. The molecule has 0 bridgehead atoms. The molecule has 0 N–H and O–H groups in total. The van der Waals surface area contributed by atoms with Gasteiger partial charge in [0.1, 0.15) is 16.9 Å². The number of halogens is 1. The van der Waals surface area contributed by atoms with Gasteiger partial charge >= 0.3 is 0 Å². The minimum absolute atomic E-state index is 0.0401. The molecule has 0 aliphatic carbocycles. The van der Waals surface area contributed by atoms with Crippen LogP contribution in [0.4, 0.5) is 0 Å². The molecule has 1 atom stereocenters. The number of amides is 1. The van der Waals surface area contributed by atoms with E-state index >= 15 is 0 Å². The van der Waals surface area contributed by atoms with Crippen LogP contribution in [0, 0.1) is 0 Å². The maximum absolute atomic E-state index is 12.4. The number of carbonyl (C=O) groups is 1. The quantitative estimate of drug-likeness (QED) is 0.802. The van der Waals surface area contributed by atoms with E-state index in [4.69, 9.17) is 21.1 Å². The first-order valence-electron chi connectivity index (χ1n) is 6.81. The van der Waals surface area contributed by atoms with E-state index < -0.39 is 5.38 Å². The number of nitrogens with zero attached hydrogens (tertiary/aromatic N) is 1. The number of hydrogen-bond acceptors (Lipinski definition) is 3. The highest BCUT2D eigenvalue weighted by atomic mass is 35.5. The number of ether oxygens (including phenoxy) is 2. The fourth-order valence-corrected chi connectivity index (χ4v) is 2.66. The number of piperidine rings is 1. The summed E-state index contributed by atoms with van der Waals surface area (Å²) in [4.78, 5) is 14.3. The molecule has 0 spiro atoms. The Morgan fingerprint density at radius 3 is 2.15 bits per heavy atom.